The fourth-order valence-electron chi connectivity index (χ4n) is 2.73. The van der Waals surface area contributed by atoms with Crippen LogP contribution in [0.5, 0.6) is 0 Å². The molecule has 0 radical (unpaired) electrons. The molecule has 0 spiro atoms. The third kappa shape index (κ3) is 2.49. The molecule has 6 heteroatoms. The number of pyridine rings is 3. The van der Waals surface area contributed by atoms with Crippen molar-refractivity contribution in [2.24, 2.45) is 0 Å². The van der Waals surface area contributed by atoms with Crippen LogP contribution in [0.1, 0.15) is 5.56 Å². The molecule has 0 aliphatic rings. The van der Waals surface area contributed by atoms with Gasteiger partial charge in [0.05, 0.1) is 22.5 Å². The quantitative estimate of drug-likeness (QED) is 0.501. The first-order valence-electron chi connectivity index (χ1n) is 7.35. The highest BCUT2D eigenvalue weighted by molar-refractivity contribution is 9.10. The third-order valence-electron chi connectivity index (χ3n) is 3.83. The average Bonchev–Trinajstić information content (AvgIpc) is 2.94. The maximum absolute atomic E-state index is 14.1. The van der Waals surface area contributed by atoms with Crippen molar-refractivity contribution in [1.29, 1.82) is 0 Å². The number of hydrogen-bond acceptors (Lipinski definition) is 3. The molecule has 0 unspecified atom stereocenters. The number of hydrogen-bond donors (Lipinski definition) is 1. The van der Waals surface area contributed by atoms with Gasteiger partial charge in [-0.25, -0.2) is 9.97 Å². The van der Waals surface area contributed by atoms with Crippen LogP contribution >= 0.6 is 15.9 Å². The molecule has 0 aliphatic heterocycles. The summed E-state index contributed by atoms with van der Waals surface area (Å²) in [6.07, 6.45) is 3.43. The van der Waals surface area contributed by atoms with Gasteiger partial charge >= 0.3 is 0 Å². The van der Waals surface area contributed by atoms with Gasteiger partial charge < -0.3 is 4.98 Å². The molecule has 4 aromatic rings. The Hall–Kier alpha value is -2.60. The van der Waals surface area contributed by atoms with Crippen LogP contribution in [-0.2, 0) is 0 Å². The van der Waals surface area contributed by atoms with Crippen molar-refractivity contribution in [3.63, 3.8) is 0 Å². The van der Waals surface area contributed by atoms with E-state index in [1.54, 1.807) is 25.4 Å². The number of rotatable bonds is 2. The van der Waals surface area contributed by atoms with E-state index in [0.717, 1.165) is 32.6 Å². The molecule has 4 rings (SSSR count). The summed E-state index contributed by atoms with van der Waals surface area (Å²) in [5.41, 5.74) is 5.12. The summed E-state index contributed by atoms with van der Waals surface area (Å²) in [6.45, 7) is 1.70. The molecule has 0 aliphatic carbocycles. The van der Waals surface area contributed by atoms with Gasteiger partial charge in [0.1, 0.15) is 10.1 Å². The lowest BCUT2D eigenvalue weighted by molar-refractivity contribution is 0.580. The molecule has 0 bridgehead atoms. The second-order valence-corrected chi connectivity index (χ2v) is 6.26. The van der Waals surface area contributed by atoms with Crippen LogP contribution in [0.25, 0.3) is 33.5 Å². The molecule has 0 amide bonds. The molecular weight excluding hydrogens is 371 g/mol. The molecule has 118 valence electrons. The molecule has 0 saturated heterocycles. The van der Waals surface area contributed by atoms with Gasteiger partial charge in [0.15, 0.2) is 0 Å². The molecule has 0 saturated carbocycles. The zero-order valence-electron chi connectivity index (χ0n) is 12.7. The minimum Gasteiger partial charge on any atom is -0.353 e. The van der Waals surface area contributed by atoms with Gasteiger partial charge in [-0.05, 0) is 53.2 Å². The number of aryl methyl sites for hydroxylation is 1. The number of fused-ring (bicyclic) bond motifs is 1. The predicted octanol–water partition coefficient (Wildman–Crippen LogP) is 4.90. The first-order chi connectivity index (χ1) is 11.6. The maximum atomic E-state index is 14.1. The van der Waals surface area contributed by atoms with Crippen LogP contribution in [0.2, 0.25) is 0 Å². The van der Waals surface area contributed by atoms with Gasteiger partial charge in [-0.3, -0.25) is 4.98 Å². The first-order valence-corrected chi connectivity index (χ1v) is 8.15. The van der Waals surface area contributed by atoms with Crippen LogP contribution in [0.4, 0.5) is 4.39 Å². The summed E-state index contributed by atoms with van der Waals surface area (Å²) < 4.78 is 14.8. The Morgan fingerprint density at radius 1 is 1.08 bits per heavy atom. The highest BCUT2D eigenvalue weighted by atomic mass is 79.9. The Balaban J connectivity index is 2.09. The van der Waals surface area contributed by atoms with E-state index in [1.807, 2.05) is 30.3 Å². The lowest BCUT2D eigenvalue weighted by atomic mass is 10.1. The monoisotopic (exact) mass is 382 g/mol. The van der Waals surface area contributed by atoms with Gasteiger partial charge in [0, 0.05) is 23.5 Å². The molecule has 4 heterocycles. The minimum absolute atomic E-state index is 0.471. The van der Waals surface area contributed by atoms with Crippen LogP contribution < -0.4 is 0 Å². The van der Waals surface area contributed by atoms with Crippen molar-refractivity contribution >= 4 is 27.0 Å². The van der Waals surface area contributed by atoms with Gasteiger partial charge in [-0.2, -0.15) is 4.39 Å². The van der Waals surface area contributed by atoms with Gasteiger partial charge in [-0.1, -0.05) is 6.07 Å². The van der Waals surface area contributed by atoms with Crippen molar-refractivity contribution in [2.75, 3.05) is 0 Å². The van der Waals surface area contributed by atoms with E-state index in [1.165, 1.54) is 0 Å². The minimum atomic E-state index is -0.471. The van der Waals surface area contributed by atoms with Gasteiger partial charge in [0.25, 0.3) is 0 Å². The van der Waals surface area contributed by atoms with E-state index in [9.17, 15) is 4.39 Å². The Bertz CT molecular complexity index is 1040. The van der Waals surface area contributed by atoms with Crippen molar-refractivity contribution in [1.82, 2.24) is 19.9 Å². The van der Waals surface area contributed by atoms with Crippen LogP contribution in [0, 0.1) is 12.9 Å². The van der Waals surface area contributed by atoms with Crippen LogP contribution in [-0.4, -0.2) is 19.9 Å². The SMILES string of the molecule is Cc1cc2[nH]c(-c3ccnc(Br)c3)c(-c3ccccn3)c2nc1F. The Labute approximate surface area is 145 Å². The van der Waals surface area contributed by atoms with Crippen LogP contribution in [0.3, 0.4) is 0 Å². The zero-order valence-corrected chi connectivity index (χ0v) is 14.3. The fourth-order valence-corrected chi connectivity index (χ4v) is 3.09. The molecule has 0 fully saturated rings. The molecule has 1 N–H and O–H groups in total. The van der Waals surface area contributed by atoms with E-state index in [-0.39, 0.29) is 0 Å². The summed E-state index contributed by atoms with van der Waals surface area (Å²) in [7, 11) is 0. The van der Waals surface area contributed by atoms with E-state index in [4.69, 9.17) is 0 Å². The number of H-pyrrole nitrogens is 1. The molecular formula is C18H12BrFN4. The van der Waals surface area contributed by atoms with E-state index >= 15 is 0 Å². The number of halogens is 2. The molecule has 24 heavy (non-hydrogen) atoms. The van der Waals surface area contributed by atoms with Gasteiger partial charge in [0.2, 0.25) is 5.95 Å². The Kier molecular flexibility index (Phi) is 3.61. The third-order valence-corrected chi connectivity index (χ3v) is 4.27. The first kappa shape index (κ1) is 15.0. The molecule has 4 aromatic heterocycles. The summed E-state index contributed by atoms with van der Waals surface area (Å²) in [6, 6.07) is 11.2. The summed E-state index contributed by atoms with van der Waals surface area (Å²) >= 11 is 3.39. The summed E-state index contributed by atoms with van der Waals surface area (Å²) in [5, 5.41) is 0. The Morgan fingerprint density at radius 3 is 2.71 bits per heavy atom. The highest BCUT2D eigenvalue weighted by Crippen LogP contribution is 2.37. The number of aromatic nitrogens is 4. The number of nitrogens with zero attached hydrogens (tertiary/aromatic N) is 3. The van der Waals surface area contributed by atoms with Gasteiger partial charge in [-0.15, -0.1) is 0 Å². The fraction of sp³-hybridized carbons (Fsp3) is 0.0556. The summed E-state index contributed by atoms with van der Waals surface area (Å²) in [4.78, 5) is 16.1. The highest BCUT2D eigenvalue weighted by Gasteiger charge is 2.19. The molecule has 0 atom stereocenters. The van der Waals surface area contributed by atoms with Crippen LogP contribution in [0.15, 0.2) is 53.4 Å². The zero-order chi connectivity index (χ0) is 16.7. The largest absolute Gasteiger partial charge is 0.353 e. The van der Waals surface area contributed by atoms with Crippen molar-refractivity contribution in [3.05, 3.63) is 64.9 Å². The predicted molar refractivity (Wildman–Crippen MR) is 95.0 cm³/mol. The van der Waals surface area contributed by atoms with Crippen molar-refractivity contribution < 1.29 is 4.39 Å². The topological polar surface area (TPSA) is 54.5 Å². The Morgan fingerprint density at radius 2 is 1.96 bits per heavy atom. The van der Waals surface area contributed by atoms with E-state index in [2.05, 4.69) is 35.9 Å². The summed E-state index contributed by atoms with van der Waals surface area (Å²) in [5.74, 6) is -0.471. The maximum Gasteiger partial charge on any atom is 0.216 e. The number of aromatic amines is 1. The normalized spacial score (nSPS) is 11.1. The second-order valence-electron chi connectivity index (χ2n) is 5.45. The van der Waals surface area contributed by atoms with E-state index < -0.39 is 5.95 Å². The van der Waals surface area contributed by atoms with Crippen molar-refractivity contribution in [3.8, 4) is 22.5 Å². The second kappa shape index (κ2) is 5.79. The van der Waals surface area contributed by atoms with Crippen molar-refractivity contribution in [2.45, 2.75) is 6.92 Å². The number of nitrogens with one attached hydrogen (secondary N) is 1. The molecule has 0 aromatic carbocycles. The van der Waals surface area contributed by atoms with E-state index in [0.29, 0.717) is 11.1 Å². The average molecular weight is 383 g/mol. The smallest absolute Gasteiger partial charge is 0.216 e. The lowest BCUT2D eigenvalue weighted by Crippen LogP contribution is -1.90. The molecule has 4 nitrogen and oxygen atoms in total. The standard InChI is InChI=1S/C18H12BrFN4/c1-10-8-13-17(24-18(10)20)15(12-4-2-3-6-21-12)16(23-13)11-5-7-22-14(19)9-11/h2-9,23H,1H3. The lowest BCUT2D eigenvalue weighted by Gasteiger charge is -2.05.